The van der Waals surface area contributed by atoms with Crippen molar-refractivity contribution in [1.82, 2.24) is 4.98 Å². The molecule has 21 heavy (non-hydrogen) atoms. The largest absolute Gasteiger partial charge is 0.710 e. The van der Waals surface area contributed by atoms with Gasteiger partial charge in [-0.1, -0.05) is 30.3 Å². The predicted molar refractivity (Wildman–Crippen MR) is 78.8 cm³/mol. The number of nitrogens with zero attached hydrogens (tertiary/aromatic N) is 2. The zero-order valence-corrected chi connectivity index (χ0v) is 11.5. The lowest BCUT2D eigenvalue weighted by Crippen LogP contribution is -2.29. The first-order chi connectivity index (χ1) is 10.1. The van der Waals surface area contributed by atoms with Crippen LogP contribution in [0.3, 0.4) is 0 Å². The zero-order valence-electron chi connectivity index (χ0n) is 11.5. The van der Waals surface area contributed by atoms with E-state index in [1.807, 2.05) is 30.3 Å². The summed E-state index contributed by atoms with van der Waals surface area (Å²) in [6.45, 7) is 1.70. The van der Waals surface area contributed by atoms with E-state index in [1.165, 1.54) is 12.4 Å². The maximum absolute atomic E-state index is 13.3. The van der Waals surface area contributed by atoms with Gasteiger partial charge in [-0.15, -0.1) is 0 Å². The van der Waals surface area contributed by atoms with Crippen LogP contribution in [0, 0.1) is 17.9 Å². The quantitative estimate of drug-likeness (QED) is 0.532. The molecule has 0 bridgehead atoms. The van der Waals surface area contributed by atoms with Crippen molar-refractivity contribution in [2.75, 3.05) is 0 Å². The Kier molecular flexibility index (Phi) is 3.36. The predicted octanol–water partition coefficient (Wildman–Crippen LogP) is 3.50. The standard InChI is InChI=1S/C17H13FN2O/c1-12-9-14(7-8-15(12)18)16-10-17(20(21)11-19-16)13-5-3-2-4-6-13/h2-11H,1H3. The Morgan fingerprint density at radius 3 is 2.48 bits per heavy atom. The zero-order chi connectivity index (χ0) is 14.8. The number of halogens is 1. The highest BCUT2D eigenvalue weighted by Gasteiger charge is 2.12. The molecule has 1 heterocycles. The van der Waals surface area contributed by atoms with Gasteiger partial charge in [0.25, 0.3) is 6.33 Å². The second-order valence-corrected chi connectivity index (χ2v) is 4.82. The van der Waals surface area contributed by atoms with Crippen LogP contribution >= 0.6 is 0 Å². The Bertz CT molecular complexity index is 788. The van der Waals surface area contributed by atoms with Crippen molar-refractivity contribution >= 4 is 0 Å². The Labute approximate surface area is 121 Å². The topological polar surface area (TPSA) is 39.8 Å². The smallest absolute Gasteiger partial charge is 0.290 e. The molecule has 0 saturated carbocycles. The lowest BCUT2D eigenvalue weighted by atomic mass is 10.1. The molecule has 0 aliphatic rings. The molecule has 0 fully saturated rings. The molecule has 3 nitrogen and oxygen atoms in total. The molecule has 2 aromatic carbocycles. The normalized spacial score (nSPS) is 10.6. The highest BCUT2D eigenvalue weighted by atomic mass is 19.1. The van der Waals surface area contributed by atoms with Crippen molar-refractivity contribution in [3.63, 3.8) is 0 Å². The summed E-state index contributed by atoms with van der Waals surface area (Å²) >= 11 is 0. The molecule has 0 aliphatic carbocycles. The Balaban J connectivity index is 2.11. The molecule has 3 rings (SSSR count). The van der Waals surface area contributed by atoms with Crippen LogP contribution < -0.4 is 4.73 Å². The molecule has 0 spiro atoms. The molecule has 3 aromatic rings. The molecule has 0 unspecified atom stereocenters. The molecular weight excluding hydrogens is 267 g/mol. The first-order valence-electron chi connectivity index (χ1n) is 6.56. The lowest BCUT2D eigenvalue weighted by molar-refractivity contribution is -0.597. The van der Waals surface area contributed by atoms with Crippen molar-refractivity contribution < 1.29 is 9.12 Å². The molecule has 4 heteroatoms. The summed E-state index contributed by atoms with van der Waals surface area (Å²) in [7, 11) is 0. The van der Waals surface area contributed by atoms with Crippen LogP contribution in [0.4, 0.5) is 4.39 Å². The van der Waals surface area contributed by atoms with E-state index in [1.54, 1.807) is 25.1 Å². The van der Waals surface area contributed by atoms with Crippen LogP contribution in [-0.4, -0.2) is 4.98 Å². The van der Waals surface area contributed by atoms with E-state index in [9.17, 15) is 9.60 Å². The number of benzene rings is 2. The van der Waals surface area contributed by atoms with Gasteiger partial charge >= 0.3 is 0 Å². The van der Waals surface area contributed by atoms with Crippen molar-refractivity contribution in [2.45, 2.75) is 6.92 Å². The van der Waals surface area contributed by atoms with Crippen LogP contribution in [0.15, 0.2) is 60.9 Å². The fourth-order valence-electron chi connectivity index (χ4n) is 2.19. The molecule has 0 atom stereocenters. The van der Waals surface area contributed by atoms with E-state index < -0.39 is 0 Å². The highest BCUT2D eigenvalue weighted by molar-refractivity contribution is 5.66. The molecule has 0 amide bonds. The van der Waals surface area contributed by atoms with Crippen molar-refractivity contribution in [3.8, 4) is 22.5 Å². The lowest BCUT2D eigenvalue weighted by Gasteiger charge is -2.09. The minimum atomic E-state index is -0.253. The van der Waals surface area contributed by atoms with Crippen LogP contribution in [0.2, 0.25) is 0 Å². The van der Waals surface area contributed by atoms with E-state index in [0.717, 1.165) is 15.9 Å². The summed E-state index contributed by atoms with van der Waals surface area (Å²) < 4.78 is 14.1. The van der Waals surface area contributed by atoms with Gasteiger partial charge in [0.05, 0.1) is 0 Å². The fourth-order valence-corrected chi connectivity index (χ4v) is 2.19. The summed E-state index contributed by atoms with van der Waals surface area (Å²) in [6.07, 6.45) is 1.23. The van der Waals surface area contributed by atoms with E-state index in [4.69, 9.17) is 0 Å². The summed E-state index contributed by atoms with van der Waals surface area (Å²) in [5, 5.41) is 11.9. The third-order valence-corrected chi connectivity index (χ3v) is 3.34. The maximum atomic E-state index is 13.3. The van der Waals surface area contributed by atoms with E-state index in [0.29, 0.717) is 17.0 Å². The van der Waals surface area contributed by atoms with Gasteiger partial charge < -0.3 is 5.21 Å². The molecule has 0 saturated heterocycles. The summed E-state index contributed by atoms with van der Waals surface area (Å²) in [6, 6.07) is 15.9. The number of hydrogen-bond acceptors (Lipinski definition) is 2. The molecular formula is C17H13FN2O. The first-order valence-corrected chi connectivity index (χ1v) is 6.56. The Morgan fingerprint density at radius 2 is 1.76 bits per heavy atom. The second-order valence-electron chi connectivity index (χ2n) is 4.82. The van der Waals surface area contributed by atoms with Gasteiger partial charge in [0.15, 0.2) is 5.69 Å². The molecule has 104 valence electrons. The van der Waals surface area contributed by atoms with Crippen molar-refractivity contribution in [1.29, 1.82) is 0 Å². The summed E-state index contributed by atoms with van der Waals surface area (Å²) in [5.74, 6) is -0.253. The minimum Gasteiger partial charge on any atom is -0.710 e. The molecule has 0 radical (unpaired) electrons. The van der Waals surface area contributed by atoms with Crippen molar-refractivity contribution in [2.24, 2.45) is 0 Å². The van der Waals surface area contributed by atoms with Gasteiger partial charge in [-0.3, -0.25) is 0 Å². The van der Waals surface area contributed by atoms with Crippen LogP contribution in [-0.2, 0) is 0 Å². The van der Waals surface area contributed by atoms with Gasteiger partial charge in [0.1, 0.15) is 11.5 Å². The highest BCUT2D eigenvalue weighted by Crippen LogP contribution is 2.23. The van der Waals surface area contributed by atoms with E-state index >= 15 is 0 Å². The third-order valence-electron chi connectivity index (χ3n) is 3.34. The van der Waals surface area contributed by atoms with E-state index in [2.05, 4.69) is 4.98 Å². The third kappa shape index (κ3) is 2.60. The van der Waals surface area contributed by atoms with E-state index in [-0.39, 0.29) is 5.82 Å². The molecule has 0 aliphatic heterocycles. The monoisotopic (exact) mass is 280 g/mol. The molecule has 0 N–H and O–H groups in total. The summed E-state index contributed by atoms with van der Waals surface area (Å²) in [4.78, 5) is 4.13. The van der Waals surface area contributed by atoms with Gasteiger partial charge in [0, 0.05) is 17.2 Å². The van der Waals surface area contributed by atoms with Crippen molar-refractivity contribution in [3.05, 3.63) is 77.5 Å². The average Bonchev–Trinajstić information content (AvgIpc) is 2.51. The SMILES string of the molecule is Cc1cc(-c2cc(-c3ccccc3)[n+]([O-])cn2)ccc1F. The number of aromatic nitrogens is 2. The van der Waals surface area contributed by atoms with Gasteiger partial charge in [-0.05, 0) is 35.7 Å². The van der Waals surface area contributed by atoms with Crippen LogP contribution in [0.5, 0.6) is 0 Å². The Morgan fingerprint density at radius 1 is 1.00 bits per heavy atom. The van der Waals surface area contributed by atoms with Gasteiger partial charge in [-0.25, -0.2) is 9.12 Å². The Hall–Kier alpha value is -2.75. The summed E-state index contributed by atoms with van der Waals surface area (Å²) in [5.41, 5.74) is 3.31. The minimum absolute atomic E-state index is 0.253. The second kappa shape index (κ2) is 5.32. The first kappa shape index (κ1) is 13.2. The number of aryl methyl sites for hydroxylation is 1. The average molecular weight is 280 g/mol. The van der Waals surface area contributed by atoms with Crippen LogP contribution in [0.25, 0.3) is 22.5 Å². The van der Waals surface area contributed by atoms with Gasteiger partial charge in [0.2, 0.25) is 0 Å². The number of rotatable bonds is 2. The van der Waals surface area contributed by atoms with Crippen LogP contribution in [0.1, 0.15) is 5.56 Å². The maximum Gasteiger partial charge on any atom is 0.290 e. The molecule has 1 aromatic heterocycles. The number of hydrogen-bond donors (Lipinski definition) is 0. The van der Waals surface area contributed by atoms with Gasteiger partial charge in [-0.2, -0.15) is 0 Å². The fraction of sp³-hybridized carbons (Fsp3) is 0.0588.